The highest BCUT2D eigenvalue weighted by Crippen LogP contribution is 2.42. The molecule has 0 aromatic heterocycles. The van der Waals surface area contributed by atoms with Crippen molar-refractivity contribution in [2.24, 2.45) is 11.7 Å². The molecule has 2 aliphatic carbocycles. The molecule has 3 aliphatic rings. The standard InChI is InChI=1S/C32H47N3O6/c1-21-19-23(20-25(40-2)29(21)41-3)28(22-11-5-4-6-12-22)31(39)35-18-10-7-13-24(35)30(38)34-32(16-8-9-17-32)26(36)14-15-27(33)37/h19-20,22,24,28H,4-18H2,1-3H3,(H2,33,37)(H,34,38)/t24-,28-/m0/s1. The summed E-state index contributed by atoms with van der Waals surface area (Å²) in [7, 11) is 3.22. The summed E-state index contributed by atoms with van der Waals surface area (Å²) in [5, 5.41) is 3.10. The fraction of sp³-hybridized carbons (Fsp3) is 0.688. The number of hydrogen-bond acceptors (Lipinski definition) is 6. The van der Waals surface area contributed by atoms with E-state index in [-0.39, 0.29) is 42.3 Å². The van der Waals surface area contributed by atoms with Crippen LogP contribution in [0.2, 0.25) is 0 Å². The fourth-order valence-electron chi connectivity index (χ4n) is 7.34. The lowest BCUT2D eigenvalue weighted by atomic mass is 9.75. The zero-order valence-corrected chi connectivity index (χ0v) is 25.0. The highest BCUT2D eigenvalue weighted by molar-refractivity contribution is 5.97. The molecule has 0 bridgehead atoms. The molecular weight excluding hydrogens is 522 g/mol. The molecule has 0 radical (unpaired) electrons. The topological polar surface area (TPSA) is 128 Å². The number of aryl methyl sites for hydroxylation is 1. The van der Waals surface area contributed by atoms with Crippen molar-refractivity contribution in [2.75, 3.05) is 20.8 Å². The maximum absolute atomic E-state index is 14.6. The van der Waals surface area contributed by atoms with Gasteiger partial charge in [0, 0.05) is 19.4 Å². The van der Waals surface area contributed by atoms with E-state index in [1.807, 2.05) is 19.1 Å². The van der Waals surface area contributed by atoms with E-state index >= 15 is 0 Å². The smallest absolute Gasteiger partial charge is 0.243 e. The number of methoxy groups -OCH3 is 2. The Labute approximate surface area is 243 Å². The summed E-state index contributed by atoms with van der Waals surface area (Å²) in [5.41, 5.74) is 6.11. The SMILES string of the molecule is COc1cc([C@@H](C(=O)N2CCCC[C@H]2C(=O)NC2(C(=O)CCC(N)=O)CCCC2)C2CCCCC2)cc(C)c1OC. The number of primary amides is 1. The molecule has 1 aromatic rings. The van der Waals surface area contributed by atoms with Crippen molar-refractivity contribution in [1.29, 1.82) is 0 Å². The molecule has 0 unspecified atom stereocenters. The van der Waals surface area contributed by atoms with Gasteiger partial charge in [0.1, 0.15) is 6.04 Å². The first-order chi connectivity index (χ1) is 19.7. The van der Waals surface area contributed by atoms with Crippen molar-refractivity contribution in [1.82, 2.24) is 10.2 Å². The van der Waals surface area contributed by atoms with E-state index in [1.54, 1.807) is 19.1 Å². The minimum Gasteiger partial charge on any atom is -0.493 e. The number of nitrogens with two attached hydrogens (primary N) is 1. The number of nitrogens with zero attached hydrogens (tertiary/aromatic N) is 1. The molecule has 1 saturated heterocycles. The van der Waals surface area contributed by atoms with Gasteiger partial charge in [0.05, 0.1) is 25.7 Å². The van der Waals surface area contributed by atoms with Gasteiger partial charge in [-0.2, -0.15) is 0 Å². The summed E-state index contributed by atoms with van der Waals surface area (Å²) in [6, 6.07) is 3.32. The van der Waals surface area contributed by atoms with Crippen molar-refractivity contribution < 1.29 is 28.7 Å². The number of Topliss-reactive ketones (excluding diaryl/α,β-unsaturated/α-hetero) is 1. The van der Waals surface area contributed by atoms with Gasteiger partial charge in [-0.05, 0) is 75.0 Å². The molecule has 9 heteroatoms. The first-order valence-electron chi connectivity index (χ1n) is 15.4. The third-order valence-electron chi connectivity index (χ3n) is 9.47. The van der Waals surface area contributed by atoms with E-state index in [0.717, 1.165) is 62.5 Å². The number of rotatable bonds is 11. The molecule has 1 heterocycles. The quantitative estimate of drug-likeness (QED) is 0.409. The van der Waals surface area contributed by atoms with Crippen molar-refractivity contribution in [3.05, 3.63) is 23.3 Å². The van der Waals surface area contributed by atoms with Crippen LogP contribution in [0.1, 0.15) is 107 Å². The molecule has 3 fully saturated rings. The number of amides is 3. The van der Waals surface area contributed by atoms with Gasteiger partial charge in [0.2, 0.25) is 17.7 Å². The number of nitrogens with one attached hydrogen (secondary N) is 1. The van der Waals surface area contributed by atoms with Crippen LogP contribution in [0.15, 0.2) is 12.1 Å². The second kappa shape index (κ2) is 13.7. The number of likely N-dealkylation sites (tertiary alicyclic amines) is 1. The molecule has 0 spiro atoms. The summed E-state index contributed by atoms with van der Waals surface area (Å²) in [5.74, 6) is 0.0848. The Bertz CT molecular complexity index is 1120. The van der Waals surface area contributed by atoms with Crippen LogP contribution in [0.4, 0.5) is 0 Å². The summed E-state index contributed by atoms with van der Waals surface area (Å²) in [4.78, 5) is 54.8. The summed E-state index contributed by atoms with van der Waals surface area (Å²) in [6.07, 6.45) is 10.3. The molecular formula is C32H47N3O6. The Morgan fingerprint density at radius 2 is 1.63 bits per heavy atom. The molecule has 9 nitrogen and oxygen atoms in total. The predicted octanol–water partition coefficient (Wildman–Crippen LogP) is 4.32. The molecule has 4 rings (SSSR count). The van der Waals surface area contributed by atoms with Gasteiger partial charge in [0.15, 0.2) is 17.3 Å². The molecule has 41 heavy (non-hydrogen) atoms. The van der Waals surface area contributed by atoms with Gasteiger partial charge >= 0.3 is 0 Å². The number of benzene rings is 1. The van der Waals surface area contributed by atoms with Crippen molar-refractivity contribution in [3.63, 3.8) is 0 Å². The van der Waals surface area contributed by atoms with Gasteiger partial charge in [-0.1, -0.05) is 38.2 Å². The van der Waals surface area contributed by atoms with Gasteiger partial charge in [-0.3, -0.25) is 19.2 Å². The number of carbonyl (C=O) groups is 4. The molecule has 1 aromatic carbocycles. The normalized spacial score (nSPS) is 21.6. The van der Waals surface area contributed by atoms with Crippen LogP contribution in [-0.4, -0.2) is 60.7 Å². The Morgan fingerprint density at radius 3 is 2.27 bits per heavy atom. The van der Waals surface area contributed by atoms with Crippen LogP contribution in [0, 0.1) is 12.8 Å². The Kier molecular flexibility index (Phi) is 10.3. The molecule has 2 saturated carbocycles. The van der Waals surface area contributed by atoms with E-state index in [2.05, 4.69) is 5.32 Å². The second-order valence-corrected chi connectivity index (χ2v) is 12.2. The largest absolute Gasteiger partial charge is 0.493 e. The zero-order chi connectivity index (χ0) is 29.6. The van der Waals surface area contributed by atoms with Crippen molar-refractivity contribution in [2.45, 2.75) is 114 Å². The lowest BCUT2D eigenvalue weighted by molar-refractivity contribution is -0.146. The number of carbonyl (C=O) groups excluding carboxylic acids is 4. The van der Waals surface area contributed by atoms with Crippen molar-refractivity contribution >= 4 is 23.5 Å². The van der Waals surface area contributed by atoms with E-state index in [4.69, 9.17) is 15.2 Å². The zero-order valence-electron chi connectivity index (χ0n) is 25.0. The minimum atomic E-state index is -0.984. The van der Waals surface area contributed by atoms with Gasteiger partial charge in [0.25, 0.3) is 0 Å². The molecule has 1 aliphatic heterocycles. The van der Waals surface area contributed by atoms with Crippen LogP contribution in [0.5, 0.6) is 11.5 Å². The van der Waals surface area contributed by atoms with Gasteiger partial charge < -0.3 is 25.4 Å². The predicted molar refractivity (Wildman–Crippen MR) is 156 cm³/mol. The third-order valence-corrected chi connectivity index (χ3v) is 9.47. The van der Waals surface area contributed by atoms with Gasteiger partial charge in [-0.15, -0.1) is 0 Å². The number of hydrogen-bond donors (Lipinski definition) is 2. The summed E-state index contributed by atoms with van der Waals surface area (Å²) in [6.45, 7) is 2.47. The Morgan fingerprint density at radius 1 is 0.951 bits per heavy atom. The van der Waals surface area contributed by atoms with Crippen LogP contribution in [0.3, 0.4) is 0 Å². The van der Waals surface area contributed by atoms with Crippen molar-refractivity contribution in [3.8, 4) is 11.5 Å². The fourth-order valence-corrected chi connectivity index (χ4v) is 7.34. The molecule has 3 N–H and O–H groups in total. The maximum atomic E-state index is 14.6. The second-order valence-electron chi connectivity index (χ2n) is 12.2. The highest BCUT2D eigenvalue weighted by atomic mass is 16.5. The lowest BCUT2D eigenvalue weighted by Crippen LogP contribution is -2.60. The van der Waals surface area contributed by atoms with Crippen LogP contribution >= 0.6 is 0 Å². The number of piperidine rings is 1. The number of ether oxygens (including phenoxy) is 2. The van der Waals surface area contributed by atoms with Gasteiger partial charge in [-0.25, -0.2) is 0 Å². The lowest BCUT2D eigenvalue weighted by Gasteiger charge is -2.41. The van der Waals surface area contributed by atoms with Crippen LogP contribution < -0.4 is 20.5 Å². The Balaban J connectivity index is 1.63. The van der Waals surface area contributed by atoms with E-state index < -0.39 is 17.5 Å². The van der Waals surface area contributed by atoms with E-state index in [9.17, 15) is 19.2 Å². The van der Waals surface area contributed by atoms with E-state index in [1.165, 1.54) is 6.42 Å². The molecule has 226 valence electrons. The third kappa shape index (κ3) is 6.87. The van der Waals surface area contributed by atoms with Crippen LogP contribution in [0.25, 0.3) is 0 Å². The first-order valence-corrected chi connectivity index (χ1v) is 15.4. The summed E-state index contributed by atoms with van der Waals surface area (Å²) >= 11 is 0. The monoisotopic (exact) mass is 569 g/mol. The molecule has 2 atom stereocenters. The molecule has 3 amide bonds. The van der Waals surface area contributed by atoms with E-state index in [0.29, 0.717) is 37.3 Å². The average molecular weight is 570 g/mol. The summed E-state index contributed by atoms with van der Waals surface area (Å²) < 4.78 is 11.2. The van der Waals surface area contributed by atoms with Crippen LogP contribution in [-0.2, 0) is 19.2 Å². The minimum absolute atomic E-state index is 0.0192. The average Bonchev–Trinajstić information content (AvgIpc) is 3.45. The number of ketones is 1. The maximum Gasteiger partial charge on any atom is 0.243 e. The Hall–Kier alpha value is -3.10. The highest BCUT2D eigenvalue weighted by Gasteiger charge is 2.45. The first kappa shape index (κ1) is 30.8.